The molecule has 0 unspecified atom stereocenters. The van der Waals surface area contributed by atoms with Crippen molar-refractivity contribution in [2.75, 3.05) is 18.9 Å². The highest BCUT2D eigenvalue weighted by Crippen LogP contribution is 2.51. The fourth-order valence-corrected chi connectivity index (χ4v) is 6.61. The van der Waals surface area contributed by atoms with Crippen LogP contribution in [0.5, 0.6) is 11.6 Å². The number of nitrogens with two attached hydrogens (primary N) is 1. The van der Waals surface area contributed by atoms with E-state index in [1.54, 1.807) is 51.1 Å². The van der Waals surface area contributed by atoms with Gasteiger partial charge in [0.1, 0.15) is 30.1 Å². The summed E-state index contributed by atoms with van der Waals surface area (Å²) in [4.78, 5) is 24.8. The van der Waals surface area contributed by atoms with Gasteiger partial charge in [-0.25, -0.2) is 14.5 Å². The molecule has 1 aromatic carbocycles. The molecule has 1 saturated heterocycles. The summed E-state index contributed by atoms with van der Waals surface area (Å²) in [5, 5.41) is 25.0. The van der Waals surface area contributed by atoms with Crippen molar-refractivity contribution in [2.45, 2.75) is 70.6 Å². The number of nitrogens with one attached hydrogen (secondary N) is 1. The van der Waals surface area contributed by atoms with Crippen LogP contribution in [0.4, 0.5) is 10.3 Å². The molecule has 3 heterocycles. The number of benzene rings is 1. The molecule has 1 aliphatic rings. The van der Waals surface area contributed by atoms with Gasteiger partial charge in [0, 0.05) is 0 Å². The second-order valence-corrected chi connectivity index (χ2v) is 13.2. The molecule has 0 saturated carbocycles. The molecular weight excluding hydrogens is 594 g/mol. The molecular formula is C25H34FN6O8PS. The van der Waals surface area contributed by atoms with Crippen LogP contribution in [0.25, 0.3) is 11.2 Å². The van der Waals surface area contributed by atoms with E-state index in [9.17, 15) is 15.0 Å². The summed E-state index contributed by atoms with van der Waals surface area (Å²) in [7, 11) is 0. The number of aliphatic hydroxyl groups is 2. The Labute approximate surface area is 246 Å². The number of para-hydroxylation sites is 1. The Bertz CT molecular complexity index is 1460. The Hall–Kier alpha value is -2.98. The molecule has 0 spiro atoms. The van der Waals surface area contributed by atoms with Gasteiger partial charge in [0.05, 0.1) is 19.0 Å². The third-order valence-corrected chi connectivity index (χ3v) is 8.65. The predicted molar refractivity (Wildman–Crippen MR) is 153 cm³/mol. The average molecular weight is 629 g/mol. The number of hydrogen-bond acceptors (Lipinski definition) is 13. The molecule has 0 bridgehead atoms. The number of nitrogens with zero attached hydrogens (tertiary/aromatic N) is 4. The number of imidazole rings is 1. The van der Waals surface area contributed by atoms with E-state index in [0.29, 0.717) is 0 Å². The number of rotatable bonds is 12. The summed E-state index contributed by atoms with van der Waals surface area (Å²) in [5.74, 6) is -3.41. The normalized spacial score (nSPS) is 26.2. The number of carbonyl (C=O) groups excluding carboxylic acids is 1. The van der Waals surface area contributed by atoms with E-state index < -0.39 is 55.2 Å². The van der Waals surface area contributed by atoms with Gasteiger partial charge in [-0.2, -0.15) is 9.97 Å². The lowest BCUT2D eigenvalue weighted by molar-refractivity contribution is -0.202. The molecule has 230 valence electrons. The van der Waals surface area contributed by atoms with E-state index in [1.165, 1.54) is 24.7 Å². The van der Waals surface area contributed by atoms with Crippen molar-refractivity contribution in [2.24, 2.45) is 0 Å². The van der Waals surface area contributed by atoms with Gasteiger partial charge in [-0.3, -0.25) is 9.36 Å². The number of aliphatic hydroxyl groups excluding tert-OH is 1. The van der Waals surface area contributed by atoms with Crippen LogP contribution >= 0.6 is 6.64 Å². The zero-order valence-corrected chi connectivity index (χ0v) is 25.3. The summed E-state index contributed by atoms with van der Waals surface area (Å²) in [6.07, 6.45) is -2.85. The maximum atomic E-state index is 16.4. The number of ether oxygens (including phenoxy) is 3. The van der Waals surface area contributed by atoms with Gasteiger partial charge in [0.2, 0.25) is 11.8 Å². The van der Waals surface area contributed by atoms with Crippen LogP contribution in [0.15, 0.2) is 36.7 Å². The van der Waals surface area contributed by atoms with Crippen molar-refractivity contribution in [3.63, 3.8) is 0 Å². The molecule has 14 nitrogen and oxygen atoms in total. The number of fused-ring (bicyclic) bond motifs is 1. The maximum Gasteiger partial charge on any atom is 0.323 e. The highest BCUT2D eigenvalue weighted by atomic mass is 32.5. The topological polar surface area (TPSA) is 185 Å². The van der Waals surface area contributed by atoms with Crippen molar-refractivity contribution >= 4 is 41.5 Å². The van der Waals surface area contributed by atoms with Crippen molar-refractivity contribution in [3.8, 4) is 11.6 Å². The molecule has 42 heavy (non-hydrogen) atoms. The molecule has 0 amide bonds. The molecule has 1 aliphatic heterocycles. The van der Waals surface area contributed by atoms with Gasteiger partial charge in [0.25, 0.3) is 5.85 Å². The van der Waals surface area contributed by atoms with E-state index in [-0.39, 0.29) is 35.3 Å². The predicted octanol–water partition coefficient (Wildman–Crippen LogP) is 2.36. The van der Waals surface area contributed by atoms with Crippen molar-refractivity contribution in [1.82, 2.24) is 24.6 Å². The number of halogens is 1. The first-order chi connectivity index (χ1) is 19.7. The summed E-state index contributed by atoms with van der Waals surface area (Å²) in [6.45, 7) is 3.36. The van der Waals surface area contributed by atoms with Gasteiger partial charge < -0.3 is 39.2 Å². The average Bonchev–Trinajstić information content (AvgIpc) is 3.40. The zero-order chi connectivity index (χ0) is 30.9. The van der Waals surface area contributed by atoms with Crippen LogP contribution < -0.4 is 20.1 Å². The fraction of sp³-hybridized carbons (Fsp3) is 0.520. The van der Waals surface area contributed by atoms with Crippen LogP contribution in [0.1, 0.15) is 40.8 Å². The maximum absolute atomic E-state index is 16.4. The fourth-order valence-electron chi connectivity index (χ4n) is 4.22. The first kappa shape index (κ1) is 31.9. The third-order valence-electron chi connectivity index (χ3n) is 6.17. The molecule has 5 N–H and O–H groups in total. The number of nitrogen functional groups attached to an aromatic ring is 1. The van der Waals surface area contributed by atoms with Crippen LogP contribution in [-0.2, 0) is 30.6 Å². The number of carbonyl (C=O) groups is 1. The number of aromatic nitrogens is 4. The summed E-state index contributed by atoms with van der Waals surface area (Å²) >= 11 is 5.62. The minimum atomic E-state index is -3.70. The standard InChI is InChI=1S/C25H34FN6O8PS/c1-6-36-19-17-18(29-23(27)30-19)32(13-28-17)22-24(5,35)21(34)25(26,39-22)12-37-41(42,40-16-10-8-7-9-11-16)31-15(4)20(33)38-14(2)3/h7-11,13-15,21-22,34-35H,6,12H2,1-5H3,(H,31,42)(H2,27,29,30)/t15-,21+,22-,24-,25-,41-/m1/s1. The summed E-state index contributed by atoms with van der Waals surface area (Å²) < 4.78 is 45.5. The van der Waals surface area contributed by atoms with Crippen molar-refractivity contribution < 1.29 is 42.7 Å². The second kappa shape index (κ2) is 12.3. The van der Waals surface area contributed by atoms with E-state index in [2.05, 4.69) is 20.0 Å². The molecule has 4 rings (SSSR count). The molecule has 1 fully saturated rings. The Morgan fingerprint density at radius 3 is 2.64 bits per heavy atom. The Morgan fingerprint density at radius 1 is 1.31 bits per heavy atom. The molecule has 0 radical (unpaired) electrons. The quantitative estimate of drug-likeness (QED) is 0.169. The summed E-state index contributed by atoms with van der Waals surface area (Å²) in [6, 6.07) is 7.34. The minimum Gasteiger partial charge on any atom is -0.476 e. The molecule has 17 heteroatoms. The highest BCUT2D eigenvalue weighted by molar-refractivity contribution is 8.09. The van der Waals surface area contributed by atoms with Gasteiger partial charge in [-0.15, -0.1) is 0 Å². The first-order valence-electron chi connectivity index (χ1n) is 13.1. The largest absolute Gasteiger partial charge is 0.476 e. The Morgan fingerprint density at radius 2 is 2.00 bits per heavy atom. The Kier molecular flexibility index (Phi) is 9.37. The van der Waals surface area contributed by atoms with Gasteiger partial charge in [-0.1, -0.05) is 18.2 Å². The van der Waals surface area contributed by atoms with E-state index in [1.807, 2.05) is 0 Å². The molecule has 0 aliphatic carbocycles. The lowest BCUT2D eigenvalue weighted by atomic mass is 9.95. The van der Waals surface area contributed by atoms with Crippen LogP contribution in [0.2, 0.25) is 0 Å². The zero-order valence-electron chi connectivity index (χ0n) is 23.6. The smallest absolute Gasteiger partial charge is 0.323 e. The monoisotopic (exact) mass is 628 g/mol. The first-order valence-corrected chi connectivity index (χ1v) is 15.7. The second-order valence-electron chi connectivity index (χ2n) is 10.0. The van der Waals surface area contributed by atoms with Crippen LogP contribution in [0.3, 0.4) is 0 Å². The van der Waals surface area contributed by atoms with E-state index in [4.69, 9.17) is 40.8 Å². The Balaban J connectivity index is 1.61. The van der Waals surface area contributed by atoms with E-state index >= 15 is 4.39 Å². The molecule has 6 atom stereocenters. The lowest BCUT2D eigenvalue weighted by Gasteiger charge is -2.30. The van der Waals surface area contributed by atoms with Crippen LogP contribution in [-0.4, -0.2) is 78.6 Å². The van der Waals surface area contributed by atoms with Gasteiger partial charge in [0.15, 0.2) is 17.4 Å². The highest BCUT2D eigenvalue weighted by Gasteiger charge is 2.63. The summed E-state index contributed by atoms with van der Waals surface area (Å²) in [5.41, 5.74) is 3.86. The number of anilines is 1. The molecule has 2 aromatic heterocycles. The van der Waals surface area contributed by atoms with Crippen molar-refractivity contribution in [1.29, 1.82) is 0 Å². The minimum absolute atomic E-state index is 0.0743. The van der Waals surface area contributed by atoms with Gasteiger partial charge >= 0.3 is 12.6 Å². The number of esters is 1. The SMILES string of the molecule is CCOc1nc(N)nc2c1ncn2[C@@H]1O[C@](F)(CO[P@](=S)(N[C@H](C)C(=O)OC(C)C)Oc2ccccc2)[C@@H](O)[C@@]1(C)O. The van der Waals surface area contributed by atoms with Crippen molar-refractivity contribution in [3.05, 3.63) is 36.7 Å². The van der Waals surface area contributed by atoms with Crippen LogP contribution in [0, 0.1) is 0 Å². The van der Waals surface area contributed by atoms with Gasteiger partial charge in [-0.05, 0) is 58.6 Å². The van der Waals surface area contributed by atoms with E-state index in [0.717, 1.165) is 0 Å². The molecule has 3 aromatic rings. The number of alkyl halides is 1. The third kappa shape index (κ3) is 6.64. The number of hydrogen-bond donors (Lipinski definition) is 4. The lowest BCUT2D eigenvalue weighted by Crippen LogP contribution is -2.49.